The van der Waals surface area contributed by atoms with Gasteiger partial charge in [0.2, 0.25) is 15.9 Å². The molecule has 5 nitrogen and oxygen atoms in total. The lowest BCUT2D eigenvalue weighted by molar-refractivity contribution is -0.123. The molecule has 2 heterocycles. The second-order valence-electron chi connectivity index (χ2n) is 7.32. The number of hydrogen-bond acceptors (Lipinski definition) is 4. The van der Waals surface area contributed by atoms with Gasteiger partial charge >= 0.3 is 0 Å². The second-order valence-corrected chi connectivity index (χ2v) is 10.3. The largest absolute Gasteiger partial charge is 0.351 e. The van der Waals surface area contributed by atoms with Gasteiger partial charge in [0.15, 0.2) is 0 Å². The van der Waals surface area contributed by atoms with E-state index >= 15 is 0 Å². The summed E-state index contributed by atoms with van der Waals surface area (Å²) in [6, 6.07) is 11.0. The molecule has 138 valence electrons. The topological polar surface area (TPSA) is 66.5 Å². The van der Waals surface area contributed by atoms with Crippen LogP contribution in [0.4, 0.5) is 0 Å². The maximum atomic E-state index is 12.9. The zero-order valence-corrected chi connectivity index (χ0v) is 16.3. The summed E-state index contributed by atoms with van der Waals surface area (Å²) in [4.78, 5) is 13.9. The van der Waals surface area contributed by atoms with Gasteiger partial charge in [0.1, 0.15) is 0 Å². The maximum absolute atomic E-state index is 12.9. The van der Waals surface area contributed by atoms with E-state index in [1.807, 2.05) is 30.5 Å². The van der Waals surface area contributed by atoms with Crippen LogP contribution in [0.25, 0.3) is 0 Å². The van der Waals surface area contributed by atoms with E-state index in [0.29, 0.717) is 24.5 Å². The monoisotopic (exact) mass is 390 g/mol. The van der Waals surface area contributed by atoms with Crippen molar-refractivity contribution in [3.05, 3.63) is 52.2 Å². The molecule has 1 aromatic heterocycles. The summed E-state index contributed by atoms with van der Waals surface area (Å²) in [6.07, 6.45) is 1.54. The Morgan fingerprint density at radius 1 is 1.35 bits per heavy atom. The van der Waals surface area contributed by atoms with Gasteiger partial charge in [-0.3, -0.25) is 4.79 Å². The van der Waals surface area contributed by atoms with Gasteiger partial charge in [0, 0.05) is 23.9 Å². The van der Waals surface area contributed by atoms with E-state index in [2.05, 4.69) is 5.32 Å². The molecule has 2 fully saturated rings. The average molecular weight is 391 g/mol. The van der Waals surface area contributed by atoms with E-state index in [1.54, 1.807) is 33.8 Å². The fraction of sp³-hybridized carbons (Fsp3) is 0.421. The molecule has 0 radical (unpaired) electrons. The Bertz CT molecular complexity index is 924. The van der Waals surface area contributed by atoms with Gasteiger partial charge in [-0.15, -0.1) is 11.3 Å². The third-order valence-corrected chi connectivity index (χ3v) is 8.22. The van der Waals surface area contributed by atoms with Crippen molar-refractivity contribution in [2.45, 2.75) is 31.2 Å². The van der Waals surface area contributed by atoms with Crippen LogP contribution in [0.2, 0.25) is 0 Å². The van der Waals surface area contributed by atoms with Crippen LogP contribution in [0.15, 0.2) is 46.7 Å². The molecule has 0 unspecified atom stereocenters. The first-order valence-corrected chi connectivity index (χ1v) is 11.1. The number of carbonyl (C=O) groups excluding carboxylic acids is 1. The molecule has 2 aromatic rings. The van der Waals surface area contributed by atoms with E-state index in [0.717, 1.165) is 23.3 Å². The van der Waals surface area contributed by atoms with E-state index in [1.165, 1.54) is 0 Å². The van der Waals surface area contributed by atoms with Gasteiger partial charge in [0.05, 0.1) is 11.4 Å². The highest BCUT2D eigenvalue weighted by molar-refractivity contribution is 7.89. The Labute approximate surface area is 158 Å². The quantitative estimate of drug-likeness (QED) is 0.854. The van der Waals surface area contributed by atoms with Crippen LogP contribution in [0, 0.1) is 18.3 Å². The standard InChI is InChI=1S/C19H22N2O3S2/c1-14-4-2-6-16(10-14)26(23,24)21-8-7-19(13-21)11-17(19)18(22)20-12-15-5-3-9-25-15/h2-6,9-10,17H,7-8,11-13H2,1H3,(H,20,22)/t17-,19+/m0/s1. The highest BCUT2D eigenvalue weighted by Gasteiger charge is 2.62. The molecule has 1 spiro atoms. The van der Waals surface area contributed by atoms with Crippen molar-refractivity contribution in [3.63, 3.8) is 0 Å². The van der Waals surface area contributed by atoms with E-state index in [4.69, 9.17) is 0 Å². The van der Waals surface area contributed by atoms with Crippen LogP contribution >= 0.6 is 11.3 Å². The third kappa shape index (κ3) is 3.19. The normalized spacial score (nSPS) is 25.5. The second kappa shape index (κ2) is 6.48. The lowest BCUT2D eigenvalue weighted by Gasteiger charge is -2.17. The summed E-state index contributed by atoms with van der Waals surface area (Å²) in [5, 5.41) is 4.99. The molecule has 1 amide bonds. The predicted molar refractivity (Wildman–Crippen MR) is 101 cm³/mol. The predicted octanol–water partition coefficient (Wildman–Crippen LogP) is 2.77. The summed E-state index contributed by atoms with van der Waals surface area (Å²) in [6.45, 7) is 3.37. The summed E-state index contributed by atoms with van der Waals surface area (Å²) < 4.78 is 27.3. The molecule has 1 saturated carbocycles. The Morgan fingerprint density at radius 2 is 2.19 bits per heavy atom. The SMILES string of the molecule is Cc1cccc(S(=O)(=O)N2CC[C@@]3(C[C@H]3C(=O)NCc3cccs3)C2)c1. The fourth-order valence-corrected chi connectivity index (χ4v) is 6.15. The van der Waals surface area contributed by atoms with Gasteiger partial charge in [-0.2, -0.15) is 4.31 Å². The fourth-order valence-electron chi connectivity index (χ4n) is 3.87. The molecule has 1 saturated heterocycles. The van der Waals surface area contributed by atoms with Crippen molar-refractivity contribution in [2.24, 2.45) is 11.3 Å². The zero-order chi connectivity index (χ0) is 18.4. The molecular weight excluding hydrogens is 368 g/mol. The van der Waals surface area contributed by atoms with Crippen molar-refractivity contribution in [1.29, 1.82) is 0 Å². The van der Waals surface area contributed by atoms with Gasteiger partial charge < -0.3 is 5.32 Å². The molecule has 2 atom stereocenters. The van der Waals surface area contributed by atoms with Crippen LogP contribution in [-0.4, -0.2) is 31.7 Å². The minimum Gasteiger partial charge on any atom is -0.351 e. The first kappa shape index (κ1) is 17.7. The smallest absolute Gasteiger partial charge is 0.243 e. The third-order valence-electron chi connectivity index (χ3n) is 5.50. The van der Waals surface area contributed by atoms with Crippen LogP contribution in [0.5, 0.6) is 0 Å². The van der Waals surface area contributed by atoms with Gasteiger partial charge in [-0.25, -0.2) is 8.42 Å². The summed E-state index contributed by atoms with van der Waals surface area (Å²) >= 11 is 1.62. The molecule has 26 heavy (non-hydrogen) atoms. The van der Waals surface area contributed by atoms with E-state index in [9.17, 15) is 13.2 Å². The number of hydrogen-bond donors (Lipinski definition) is 1. The summed E-state index contributed by atoms with van der Waals surface area (Å²) in [5.41, 5.74) is 0.758. The number of aryl methyl sites for hydroxylation is 1. The molecule has 1 aliphatic carbocycles. The molecule has 1 aromatic carbocycles. The van der Waals surface area contributed by atoms with Crippen LogP contribution in [-0.2, 0) is 21.4 Å². The van der Waals surface area contributed by atoms with Gasteiger partial charge in [-0.1, -0.05) is 18.2 Å². The maximum Gasteiger partial charge on any atom is 0.243 e. The average Bonchev–Trinajstić information content (AvgIpc) is 2.97. The molecule has 2 aliphatic rings. The number of nitrogens with zero attached hydrogens (tertiary/aromatic N) is 1. The Kier molecular flexibility index (Phi) is 4.41. The molecule has 1 N–H and O–H groups in total. The van der Waals surface area contributed by atoms with E-state index < -0.39 is 10.0 Å². The first-order chi connectivity index (χ1) is 12.4. The molecular formula is C19H22N2O3S2. The van der Waals surface area contributed by atoms with Gasteiger partial charge in [0.25, 0.3) is 0 Å². The first-order valence-electron chi connectivity index (χ1n) is 8.78. The minimum absolute atomic E-state index is 0.0493. The molecule has 0 bridgehead atoms. The van der Waals surface area contributed by atoms with Crippen molar-refractivity contribution >= 4 is 27.3 Å². The highest BCUT2D eigenvalue weighted by Crippen LogP contribution is 2.59. The highest BCUT2D eigenvalue weighted by atomic mass is 32.2. The number of nitrogens with one attached hydrogen (secondary N) is 1. The molecule has 4 rings (SSSR count). The Hall–Kier alpha value is -1.70. The number of amides is 1. The van der Waals surface area contributed by atoms with Gasteiger partial charge in [-0.05, 0) is 54.3 Å². The number of benzene rings is 1. The Balaban J connectivity index is 1.40. The van der Waals surface area contributed by atoms with Crippen molar-refractivity contribution in [2.75, 3.05) is 13.1 Å². The number of rotatable bonds is 5. The van der Waals surface area contributed by atoms with Crippen molar-refractivity contribution in [1.82, 2.24) is 9.62 Å². The number of thiophene rings is 1. The zero-order valence-electron chi connectivity index (χ0n) is 14.6. The number of sulfonamides is 1. The van der Waals surface area contributed by atoms with Crippen LogP contribution in [0.3, 0.4) is 0 Å². The summed E-state index contributed by atoms with van der Waals surface area (Å²) in [7, 11) is -3.49. The van der Waals surface area contributed by atoms with E-state index in [-0.39, 0.29) is 17.2 Å². The van der Waals surface area contributed by atoms with Crippen LogP contribution < -0.4 is 5.32 Å². The number of carbonyl (C=O) groups is 1. The summed E-state index contributed by atoms with van der Waals surface area (Å²) in [5.74, 6) is -0.0200. The minimum atomic E-state index is -3.49. The lowest BCUT2D eigenvalue weighted by atomic mass is 10.0. The van der Waals surface area contributed by atoms with Crippen LogP contribution in [0.1, 0.15) is 23.3 Å². The lowest BCUT2D eigenvalue weighted by Crippen LogP contribution is -2.31. The van der Waals surface area contributed by atoms with Crippen molar-refractivity contribution < 1.29 is 13.2 Å². The van der Waals surface area contributed by atoms with Crippen molar-refractivity contribution in [3.8, 4) is 0 Å². The molecule has 1 aliphatic heterocycles. The Morgan fingerprint density at radius 3 is 2.92 bits per heavy atom. The molecule has 7 heteroatoms.